The second-order valence-corrected chi connectivity index (χ2v) is 7.58. The molecule has 152 valence electrons. The first-order valence-corrected chi connectivity index (χ1v) is 9.91. The second kappa shape index (κ2) is 8.19. The molecule has 7 heteroatoms. The Morgan fingerprint density at radius 3 is 2.28 bits per heavy atom. The molecule has 1 saturated carbocycles. The van der Waals surface area contributed by atoms with Gasteiger partial charge in [-0.3, -0.25) is 4.79 Å². The SMILES string of the molecule is O=C(Nc1ccc(C2CC2)c(F)c1)N1CCCN(C(=O)c2ccc(F)cc2)CC1. The van der Waals surface area contributed by atoms with E-state index in [-0.39, 0.29) is 23.6 Å². The van der Waals surface area contributed by atoms with Crippen LogP contribution in [0.1, 0.15) is 41.1 Å². The van der Waals surface area contributed by atoms with E-state index in [2.05, 4.69) is 5.32 Å². The van der Waals surface area contributed by atoms with Gasteiger partial charge in [0.1, 0.15) is 11.6 Å². The second-order valence-electron chi connectivity index (χ2n) is 7.58. The van der Waals surface area contributed by atoms with E-state index in [0.717, 1.165) is 12.8 Å². The molecule has 0 aromatic heterocycles. The van der Waals surface area contributed by atoms with Crippen LogP contribution in [0.4, 0.5) is 19.3 Å². The summed E-state index contributed by atoms with van der Waals surface area (Å²) in [5.74, 6) is -0.529. The largest absolute Gasteiger partial charge is 0.337 e. The zero-order valence-corrected chi connectivity index (χ0v) is 16.0. The molecule has 1 heterocycles. The Morgan fingerprint density at radius 1 is 0.897 bits per heavy atom. The van der Waals surface area contributed by atoms with Crippen molar-refractivity contribution >= 4 is 17.6 Å². The molecule has 3 amide bonds. The molecule has 1 aliphatic heterocycles. The number of hydrogen-bond donors (Lipinski definition) is 1. The number of nitrogens with one attached hydrogen (secondary N) is 1. The quantitative estimate of drug-likeness (QED) is 0.840. The number of benzene rings is 2. The van der Waals surface area contributed by atoms with Crippen molar-refractivity contribution in [3.63, 3.8) is 0 Å². The highest BCUT2D eigenvalue weighted by Gasteiger charge is 2.27. The van der Waals surface area contributed by atoms with E-state index in [9.17, 15) is 18.4 Å². The fourth-order valence-electron chi connectivity index (χ4n) is 3.63. The van der Waals surface area contributed by atoms with E-state index in [1.54, 1.807) is 21.9 Å². The molecule has 0 unspecified atom stereocenters. The molecular formula is C22H23F2N3O2. The third-order valence-electron chi connectivity index (χ3n) is 5.43. The van der Waals surface area contributed by atoms with Crippen molar-refractivity contribution in [3.8, 4) is 0 Å². The van der Waals surface area contributed by atoms with Gasteiger partial charge in [-0.25, -0.2) is 13.6 Å². The number of halogens is 2. The molecule has 29 heavy (non-hydrogen) atoms. The molecule has 2 aliphatic rings. The lowest BCUT2D eigenvalue weighted by Gasteiger charge is -2.22. The summed E-state index contributed by atoms with van der Waals surface area (Å²) in [5.41, 5.74) is 1.57. The van der Waals surface area contributed by atoms with Crippen molar-refractivity contribution < 1.29 is 18.4 Å². The van der Waals surface area contributed by atoms with E-state index in [4.69, 9.17) is 0 Å². The molecule has 0 bridgehead atoms. The molecule has 0 atom stereocenters. The number of carbonyl (C=O) groups is 2. The molecular weight excluding hydrogens is 376 g/mol. The normalized spacial score (nSPS) is 17.0. The number of anilines is 1. The van der Waals surface area contributed by atoms with Gasteiger partial charge in [0.2, 0.25) is 0 Å². The lowest BCUT2D eigenvalue weighted by atomic mass is 10.1. The summed E-state index contributed by atoms with van der Waals surface area (Å²) >= 11 is 0. The van der Waals surface area contributed by atoms with Crippen LogP contribution in [0.5, 0.6) is 0 Å². The van der Waals surface area contributed by atoms with Crippen LogP contribution in [0.15, 0.2) is 42.5 Å². The maximum Gasteiger partial charge on any atom is 0.321 e. The van der Waals surface area contributed by atoms with Crippen molar-refractivity contribution in [2.24, 2.45) is 0 Å². The van der Waals surface area contributed by atoms with Gasteiger partial charge in [0.15, 0.2) is 0 Å². The van der Waals surface area contributed by atoms with Crippen molar-refractivity contribution in [1.82, 2.24) is 9.80 Å². The van der Waals surface area contributed by atoms with E-state index < -0.39 is 0 Å². The minimum absolute atomic E-state index is 0.176. The van der Waals surface area contributed by atoms with Gasteiger partial charge >= 0.3 is 6.03 Å². The Bertz CT molecular complexity index is 913. The van der Waals surface area contributed by atoms with Crippen LogP contribution in [0.3, 0.4) is 0 Å². The van der Waals surface area contributed by atoms with Crippen molar-refractivity contribution in [3.05, 3.63) is 65.2 Å². The van der Waals surface area contributed by atoms with E-state index >= 15 is 0 Å². The predicted molar refractivity (Wildman–Crippen MR) is 106 cm³/mol. The fourth-order valence-corrected chi connectivity index (χ4v) is 3.63. The van der Waals surface area contributed by atoms with Gasteiger partial charge in [-0.05, 0) is 67.1 Å². The zero-order chi connectivity index (χ0) is 20.4. The van der Waals surface area contributed by atoms with Crippen molar-refractivity contribution in [1.29, 1.82) is 0 Å². The summed E-state index contributed by atoms with van der Waals surface area (Å²) in [6.45, 7) is 1.78. The van der Waals surface area contributed by atoms with Crippen LogP contribution < -0.4 is 5.32 Å². The Kier molecular flexibility index (Phi) is 5.47. The molecule has 5 nitrogen and oxygen atoms in total. The highest BCUT2D eigenvalue weighted by molar-refractivity contribution is 5.94. The molecule has 0 spiro atoms. The third-order valence-corrected chi connectivity index (χ3v) is 5.43. The fraction of sp³-hybridized carbons (Fsp3) is 0.364. The van der Waals surface area contributed by atoms with Gasteiger partial charge in [0.05, 0.1) is 0 Å². The molecule has 2 aromatic carbocycles. The van der Waals surface area contributed by atoms with Crippen LogP contribution in [-0.4, -0.2) is 47.9 Å². The highest BCUT2D eigenvalue weighted by atomic mass is 19.1. The summed E-state index contributed by atoms with van der Waals surface area (Å²) < 4.78 is 27.3. The van der Waals surface area contributed by atoms with Crippen LogP contribution >= 0.6 is 0 Å². The summed E-state index contributed by atoms with van der Waals surface area (Å²) in [6.07, 6.45) is 2.67. The minimum atomic E-state index is -0.387. The Hall–Kier alpha value is -2.96. The first-order chi connectivity index (χ1) is 14.0. The summed E-state index contributed by atoms with van der Waals surface area (Å²) in [5, 5.41) is 2.75. The van der Waals surface area contributed by atoms with Gasteiger partial charge in [0, 0.05) is 37.4 Å². The van der Waals surface area contributed by atoms with Crippen molar-refractivity contribution in [2.45, 2.75) is 25.2 Å². The number of amides is 3. The number of rotatable bonds is 3. The average Bonchev–Trinajstić information content (AvgIpc) is 3.55. The first kappa shape index (κ1) is 19.4. The molecule has 4 rings (SSSR count). The number of urea groups is 1. The van der Waals surface area contributed by atoms with Crippen LogP contribution in [-0.2, 0) is 0 Å². The predicted octanol–water partition coefficient (Wildman–Crippen LogP) is 4.22. The summed E-state index contributed by atoms with van der Waals surface area (Å²) in [6, 6.07) is 10.00. The maximum absolute atomic E-state index is 14.2. The lowest BCUT2D eigenvalue weighted by Crippen LogP contribution is -2.39. The number of carbonyl (C=O) groups excluding carboxylic acids is 2. The van der Waals surface area contributed by atoms with Crippen molar-refractivity contribution in [2.75, 3.05) is 31.5 Å². The highest BCUT2D eigenvalue weighted by Crippen LogP contribution is 2.41. The van der Waals surface area contributed by atoms with E-state index in [1.165, 1.54) is 30.3 Å². The number of hydrogen-bond acceptors (Lipinski definition) is 2. The topological polar surface area (TPSA) is 52.7 Å². The van der Waals surface area contributed by atoms with Gasteiger partial charge in [-0.1, -0.05) is 6.07 Å². The summed E-state index contributed by atoms with van der Waals surface area (Å²) in [7, 11) is 0. The van der Waals surface area contributed by atoms with Gasteiger partial charge in [-0.15, -0.1) is 0 Å². The minimum Gasteiger partial charge on any atom is -0.337 e. The smallest absolute Gasteiger partial charge is 0.321 e. The Morgan fingerprint density at radius 2 is 1.59 bits per heavy atom. The first-order valence-electron chi connectivity index (χ1n) is 9.91. The summed E-state index contributed by atoms with van der Waals surface area (Å²) in [4.78, 5) is 28.5. The third kappa shape index (κ3) is 4.55. The Labute approximate surface area is 168 Å². The van der Waals surface area contributed by atoms with Crippen LogP contribution in [0, 0.1) is 11.6 Å². The monoisotopic (exact) mass is 399 g/mol. The van der Waals surface area contributed by atoms with Crippen LogP contribution in [0.2, 0.25) is 0 Å². The van der Waals surface area contributed by atoms with E-state index in [1.807, 2.05) is 0 Å². The molecule has 1 N–H and O–H groups in total. The number of nitrogens with zero attached hydrogens (tertiary/aromatic N) is 2. The van der Waals surface area contributed by atoms with Crippen LogP contribution in [0.25, 0.3) is 0 Å². The van der Waals surface area contributed by atoms with Gasteiger partial charge < -0.3 is 15.1 Å². The molecule has 1 aliphatic carbocycles. The molecule has 1 saturated heterocycles. The molecule has 2 aromatic rings. The maximum atomic E-state index is 14.2. The molecule has 0 radical (unpaired) electrons. The lowest BCUT2D eigenvalue weighted by molar-refractivity contribution is 0.0762. The Balaban J connectivity index is 1.35. The molecule has 2 fully saturated rings. The van der Waals surface area contributed by atoms with Gasteiger partial charge in [-0.2, -0.15) is 0 Å². The van der Waals surface area contributed by atoms with E-state index in [0.29, 0.717) is 55.3 Å². The average molecular weight is 399 g/mol. The van der Waals surface area contributed by atoms with Gasteiger partial charge in [0.25, 0.3) is 5.91 Å². The standard InChI is InChI=1S/C22H23F2N3O2/c23-17-6-4-16(5-7-17)21(28)26-10-1-11-27(13-12-26)22(29)25-18-8-9-19(15-2-3-15)20(24)14-18/h4-9,14-15H,1-3,10-13H2,(H,25,29). The zero-order valence-electron chi connectivity index (χ0n) is 16.0.